The summed E-state index contributed by atoms with van der Waals surface area (Å²) in [4.78, 5) is 61.4. The molecule has 1 saturated carbocycles. The van der Waals surface area contributed by atoms with Gasteiger partial charge in [0.2, 0.25) is 11.7 Å². The standard InChI is InChI=1S/C30H28N2O10/c1-42-22(36)9-8-21(35)32-16-4-2-13(3-5-16)17-6-7-19(33)24-18(17)11-14-10-15-12-20(34)25(29(31)40)28(39)30(15,41)27(38)23(14)26(24)37/h2-7,14-15,33,37,39,41H,8-12H2,1H3,(H2,31,40)(H,32,35). The van der Waals surface area contributed by atoms with Gasteiger partial charge in [0.15, 0.2) is 11.4 Å². The van der Waals surface area contributed by atoms with E-state index in [9.17, 15) is 44.4 Å². The largest absolute Gasteiger partial charge is 0.508 e. The van der Waals surface area contributed by atoms with E-state index in [2.05, 4.69) is 10.1 Å². The Balaban J connectivity index is 1.50. The molecule has 0 radical (unpaired) electrons. The van der Waals surface area contributed by atoms with E-state index in [-0.39, 0.29) is 48.5 Å². The van der Waals surface area contributed by atoms with Crippen molar-refractivity contribution in [3.05, 3.63) is 64.4 Å². The number of esters is 1. The first-order chi connectivity index (χ1) is 19.9. The maximum absolute atomic E-state index is 13.6. The smallest absolute Gasteiger partial charge is 0.306 e. The van der Waals surface area contributed by atoms with Crippen molar-refractivity contribution in [3.63, 3.8) is 0 Å². The molecule has 3 unspecified atom stereocenters. The topological polar surface area (TPSA) is 214 Å². The number of phenols is 1. The van der Waals surface area contributed by atoms with E-state index in [1.165, 1.54) is 13.2 Å². The summed E-state index contributed by atoms with van der Waals surface area (Å²) in [5, 5.41) is 46.7. The van der Waals surface area contributed by atoms with Crippen molar-refractivity contribution in [3.8, 4) is 16.9 Å². The number of carbonyl (C=O) groups excluding carboxylic acids is 5. The number of amides is 2. The predicted octanol–water partition coefficient (Wildman–Crippen LogP) is 1.98. The number of carbonyl (C=O) groups is 5. The molecule has 12 heteroatoms. The maximum Gasteiger partial charge on any atom is 0.306 e. The Hall–Kier alpha value is -4.97. The summed E-state index contributed by atoms with van der Waals surface area (Å²) in [6.07, 6.45) is -0.329. The van der Waals surface area contributed by atoms with Crippen LogP contribution in [0.5, 0.6) is 5.75 Å². The lowest BCUT2D eigenvalue weighted by Crippen LogP contribution is -2.58. The van der Waals surface area contributed by atoms with Crippen LogP contribution >= 0.6 is 0 Å². The molecule has 0 spiro atoms. The third-order valence-corrected chi connectivity index (χ3v) is 8.21. The molecule has 12 nitrogen and oxygen atoms in total. The van der Waals surface area contributed by atoms with E-state index in [0.29, 0.717) is 22.4 Å². The van der Waals surface area contributed by atoms with Crippen molar-refractivity contribution in [2.45, 2.75) is 37.7 Å². The molecule has 3 aliphatic rings. The molecule has 42 heavy (non-hydrogen) atoms. The van der Waals surface area contributed by atoms with Gasteiger partial charge < -0.3 is 36.2 Å². The first kappa shape index (κ1) is 28.6. The molecule has 0 aliphatic heterocycles. The number of aliphatic hydroxyl groups is 3. The lowest BCUT2D eigenvalue weighted by Gasteiger charge is -2.46. The number of rotatable bonds is 6. The molecule has 2 amide bonds. The quantitative estimate of drug-likeness (QED) is 0.217. The number of primary amides is 1. The van der Waals surface area contributed by atoms with Crippen LogP contribution in [-0.4, -0.2) is 62.5 Å². The Morgan fingerprint density at radius 3 is 2.36 bits per heavy atom. The minimum Gasteiger partial charge on any atom is -0.508 e. The Kier molecular flexibility index (Phi) is 7.11. The normalized spacial score (nSPS) is 23.1. The van der Waals surface area contributed by atoms with Crippen LogP contribution in [0.2, 0.25) is 0 Å². The third-order valence-electron chi connectivity index (χ3n) is 8.21. The van der Waals surface area contributed by atoms with Crippen LogP contribution in [0.4, 0.5) is 5.69 Å². The van der Waals surface area contributed by atoms with Crippen LogP contribution < -0.4 is 11.1 Å². The van der Waals surface area contributed by atoms with E-state index in [1.807, 2.05) is 0 Å². The van der Waals surface area contributed by atoms with Gasteiger partial charge in [-0.05, 0) is 53.6 Å². The van der Waals surface area contributed by atoms with Crippen molar-refractivity contribution < 1.29 is 49.1 Å². The number of anilines is 1. The van der Waals surface area contributed by atoms with Gasteiger partial charge in [-0.15, -0.1) is 0 Å². The number of ether oxygens (including phenoxy) is 1. The highest BCUT2D eigenvalue weighted by Crippen LogP contribution is 2.53. The molecule has 3 atom stereocenters. The molecule has 7 N–H and O–H groups in total. The minimum atomic E-state index is -2.63. The number of nitrogens with two attached hydrogens (primary N) is 1. The number of hydrogen-bond acceptors (Lipinski definition) is 10. The van der Waals surface area contributed by atoms with Crippen LogP contribution in [0.3, 0.4) is 0 Å². The summed E-state index contributed by atoms with van der Waals surface area (Å²) in [5.41, 5.74) is 3.82. The van der Waals surface area contributed by atoms with Crippen molar-refractivity contribution in [2.75, 3.05) is 12.4 Å². The van der Waals surface area contributed by atoms with Crippen LogP contribution in [0.25, 0.3) is 16.9 Å². The van der Waals surface area contributed by atoms with Gasteiger partial charge in [0.1, 0.15) is 22.8 Å². The molecule has 218 valence electrons. The molecule has 0 saturated heterocycles. The number of nitrogens with one attached hydrogen (secondary N) is 1. The monoisotopic (exact) mass is 576 g/mol. The summed E-state index contributed by atoms with van der Waals surface area (Å²) < 4.78 is 4.54. The minimum absolute atomic E-state index is 0.0141. The number of methoxy groups -OCH3 is 1. The molecule has 3 aliphatic carbocycles. The molecule has 1 fully saturated rings. The highest BCUT2D eigenvalue weighted by Gasteiger charge is 2.60. The Labute approximate surface area is 239 Å². The van der Waals surface area contributed by atoms with E-state index in [4.69, 9.17) is 5.73 Å². The van der Waals surface area contributed by atoms with Gasteiger partial charge in [-0.25, -0.2) is 0 Å². The second-order valence-electron chi connectivity index (χ2n) is 10.6. The van der Waals surface area contributed by atoms with Gasteiger partial charge in [-0.1, -0.05) is 18.2 Å². The molecular weight excluding hydrogens is 548 g/mol. The van der Waals surface area contributed by atoms with Crippen molar-refractivity contribution in [1.29, 1.82) is 0 Å². The van der Waals surface area contributed by atoms with Crippen molar-refractivity contribution in [2.24, 2.45) is 17.6 Å². The van der Waals surface area contributed by atoms with Crippen LogP contribution in [0.1, 0.15) is 36.8 Å². The number of ketones is 2. The van der Waals surface area contributed by atoms with Crippen LogP contribution in [0.15, 0.2) is 53.3 Å². The number of benzene rings is 2. The zero-order chi connectivity index (χ0) is 30.5. The summed E-state index contributed by atoms with van der Waals surface area (Å²) >= 11 is 0. The highest BCUT2D eigenvalue weighted by atomic mass is 16.5. The van der Waals surface area contributed by atoms with Gasteiger partial charge in [0.25, 0.3) is 5.91 Å². The van der Waals surface area contributed by atoms with Crippen LogP contribution in [0, 0.1) is 11.8 Å². The van der Waals surface area contributed by atoms with Gasteiger partial charge in [-0.2, -0.15) is 0 Å². The summed E-state index contributed by atoms with van der Waals surface area (Å²) in [5.74, 6) is -7.74. The zero-order valence-corrected chi connectivity index (χ0v) is 22.5. The number of aromatic hydroxyl groups is 1. The molecule has 2 aromatic rings. The number of phenolic OH excluding ortho intramolecular Hbond substituents is 1. The van der Waals surface area contributed by atoms with Gasteiger partial charge in [0, 0.05) is 30.0 Å². The maximum atomic E-state index is 13.6. The Bertz CT molecular complexity index is 1620. The molecule has 5 rings (SSSR count). The molecular formula is C30H28N2O10. The number of aliphatic hydroxyl groups excluding tert-OH is 2. The first-order valence-corrected chi connectivity index (χ1v) is 13.2. The number of Topliss-reactive ketones (excluding diaryl/α,β-unsaturated/α-hetero) is 2. The third kappa shape index (κ3) is 4.49. The second-order valence-corrected chi connectivity index (χ2v) is 10.6. The summed E-state index contributed by atoms with van der Waals surface area (Å²) in [7, 11) is 1.24. The fraction of sp³-hybridized carbons (Fsp3) is 0.300. The van der Waals surface area contributed by atoms with E-state index in [0.717, 1.165) is 0 Å². The zero-order valence-electron chi connectivity index (χ0n) is 22.5. The SMILES string of the molecule is COC(=O)CCC(=O)Nc1ccc(-c2ccc(O)c3c2CC2CC4CC(=O)C(C(N)=O)=C(O)C4(O)C(=O)C2=C3O)cc1. The summed E-state index contributed by atoms with van der Waals surface area (Å²) in [6.45, 7) is 0. The Morgan fingerprint density at radius 2 is 1.71 bits per heavy atom. The van der Waals surface area contributed by atoms with E-state index >= 15 is 0 Å². The average Bonchev–Trinajstić information content (AvgIpc) is 2.94. The fourth-order valence-corrected chi connectivity index (χ4v) is 6.17. The summed E-state index contributed by atoms with van der Waals surface area (Å²) in [6, 6.07) is 9.74. The van der Waals surface area contributed by atoms with Crippen molar-refractivity contribution in [1.82, 2.24) is 0 Å². The van der Waals surface area contributed by atoms with Gasteiger partial charge in [0.05, 0.1) is 19.1 Å². The average molecular weight is 577 g/mol. The van der Waals surface area contributed by atoms with E-state index < -0.39 is 64.4 Å². The van der Waals surface area contributed by atoms with Crippen LogP contribution in [-0.2, 0) is 35.1 Å². The Morgan fingerprint density at radius 1 is 1.02 bits per heavy atom. The van der Waals surface area contributed by atoms with Crippen molar-refractivity contribution >= 4 is 40.8 Å². The number of hydrogen-bond donors (Lipinski definition) is 6. The molecule has 0 bridgehead atoms. The highest BCUT2D eigenvalue weighted by molar-refractivity contribution is 6.22. The first-order valence-electron chi connectivity index (χ1n) is 13.2. The molecule has 2 aromatic carbocycles. The molecule has 0 heterocycles. The molecule has 0 aromatic heterocycles. The predicted molar refractivity (Wildman–Crippen MR) is 147 cm³/mol. The lowest BCUT2D eigenvalue weighted by molar-refractivity contribution is -0.147. The second kappa shape index (κ2) is 10.5. The van der Waals surface area contributed by atoms with Gasteiger partial charge >= 0.3 is 5.97 Å². The van der Waals surface area contributed by atoms with Gasteiger partial charge in [-0.3, -0.25) is 24.0 Å². The van der Waals surface area contributed by atoms with E-state index in [1.54, 1.807) is 30.3 Å². The lowest BCUT2D eigenvalue weighted by atomic mass is 9.59. The number of fused-ring (bicyclic) bond motifs is 3. The fourth-order valence-electron chi connectivity index (χ4n) is 6.17.